The number of benzene rings is 2. The van der Waals surface area contributed by atoms with Crippen molar-refractivity contribution >= 4 is 44.8 Å². The predicted molar refractivity (Wildman–Crippen MR) is 110 cm³/mol. The number of carbonyl (C=O) groups excluding carboxylic acids is 2. The Kier molecular flexibility index (Phi) is 5.08. The largest absolute Gasteiger partial charge is 0.335 e. The topological polar surface area (TPSA) is 40.6 Å². The van der Waals surface area contributed by atoms with Gasteiger partial charge in [0, 0.05) is 46.9 Å². The minimum Gasteiger partial charge on any atom is -0.335 e. The van der Waals surface area contributed by atoms with Gasteiger partial charge >= 0.3 is 0 Å². The van der Waals surface area contributed by atoms with E-state index in [1.807, 2.05) is 6.07 Å². The van der Waals surface area contributed by atoms with Crippen molar-refractivity contribution in [3.05, 3.63) is 69.3 Å². The molecule has 0 spiro atoms. The number of thiophene rings is 1. The molecule has 0 saturated carbocycles. The van der Waals surface area contributed by atoms with Crippen LogP contribution in [0.15, 0.2) is 42.5 Å². The molecular formula is C21H18ClFN2O2S. The fraction of sp³-hybridized carbons (Fsp3) is 0.238. The molecular weight excluding hydrogens is 399 g/mol. The number of fused-ring (bicyclic) bond motifs is 1. The summed E-state index contributed by atoms with van der Waals surface area (Å²) in [5.41, 5.74) is 1.27. The van der Waals surface area contributed by atoms with E-state index in [0.29, 0.717) is 52.6 Å². The van der Waals surface area contributed by atoms with Gasteiger partial charge in [-0.25, -0.2) is 4.39 Å². The van der Waals surface area contributed by atoms with E-state index in [1.54, 1.807) is 47.1 Å². The average molecular weight is 417 g/mol. The lowest BCUT2D eigenvalue weighted by Gasteiger charge is -2.34. The van der Waals surface area contributed by atoms with Crippen molar-refractivity contribution < 1.29 is 14.0 Å². The molecule has 1 aliphatic rings. The first-order chi connectivity index (χ1) is 13.5. The van der Waals surface area contributed by atoms with Crippen molar-refractivity contribution in [2.45, 2.75) is 6.92 Å². The Balaban J connectivity index is 1.47. The number of hydrogen-bond acceptors (Lipinski definition) is 3. The zero-order chi connectivity index (χ0) is 19.8. The minimum absolute atomic E-state index is 0.0659. The Labute approximate surface area is 171 Å². The molecule has 144 valence electrons. The third kappa shape index (κ3) is 3.38. The number of hydrogen-bond donors (Lipinski definition) is 0. The lowest BCUT2D eigenvalue weighted by molar-refractivity contribution is 0.0538. The molecule has 0 unspecified atom stereocenters. The number of nitrogens with zero attached hydrogens (tertiary/aromatic N) is 2. The third-order valence-corrected chi connectivity index (χ3v) is 6.54. The lowest BCUT2D eigenvalue weighted by Crippen LogP contribution is -2.50. The van der Waals surface area contributed by atoms with Crippen molar-refractivity contribution in [1.82, 2.24) is 9.80 Å². The van der Waals surface area contributed by atoms with E-state index in [2.05, 4.69) is 0 Å². The molecule has 4 rings (SSSR count). The maximum Gasteiger partial charge on any atom is 0.264 e. The summed E-state index contributed by atoms with van der Waals surface area (Å²) >= 11 is 7.20. The van der Waals surface area contributed by atoms with Gasteiger partial charge in [0.15, 0.2) is 0 Å². The van der Waals surface area contributed by atoms with E-state index >= 15 is 0 Å². The van der Waals surface area contributed by atoms with Crippen LogP contribution >= 0.6 is 22.9 Å². The van der Waals surface area contributed by atoms with Gasteiger partial charge in [0.2, 0.25) is 0 Å². The van der Waals surface area contributed by atoms with Crippen molar-refractivity contribution in [3.8, 4) is 0 Å². The highest BCUT2D eigenvalue weighted by atomic mass is 35.5. The predicted octanol–water partition coefficient (Wildman–Crippen LogP) is 4.60. The van der Waals surface area contributed by atoms with E-state index in [1.165, 1.54) is 17.4 Å². The van der Waals surface area contributed by atoms with Crippen molar-refractivity contribution in [2.24, 2.45) is 0 Å². The fourth-order valence-corrected chi connectivity index (χ4v) is 4.81. The highest BCUT2D eigenvalue weighted by Gasteiger charge is 2.28. The molecule has 1 fully saturated rings. The molecule has 1 aromatic heterocycles. The Bertz CT molecular complexity index is 1060. The van der Waals surface area contributed by atoms with Gasteiger partial charge in [0.1, 0.15) is 5.82 Å². The van der Waals surface area contributed by atoms with Crippen molar-refractivity contribution in [3.63, 3.8) is 0 Å². The summed E-state index contributed by atoms with van der Waals surface area (Å²) in [7, 11) is 0. The monoisotopic (exact) mass is 416 g/mol. The summed E-state index contributed by atoms with van der Waals surface area (Å²) in [6.07, 6.45) is 0. The van der Waals surface area contributed by atoms with Gasteiger partial charge in [-0.2, -0.15) is 0 Å². The molecule has 1 aliphatic heterocycles. The molecule has 2 aromatic carbocycles. The number of halogens is 2. The van der Waals surface area contributed by atoms with Crippen LogP contribution < -0.4 is 0 Å². The van der Waals surface area contributed by atoms with Gasteiger partial charge in [-0.3, -0.25) is 9.59 Å². The second-order valence-corrected chi connectivity index (χ2v) is 8.25. The van der Waals surface area contributed by atoms with E-state index in [-0.39, 0.29) is 17.6 Å². The normalized spacial score (nSPS) is 14.5. The fourth-order valence-electron chi connectivity index (χ4n) is 3.49. The van der Waals surface area contributed by atoms with Crippen molar-refractivity contribution in [2.75, 3.05) is 26.2 Å². The van der Waals surface area contributed by atoms with Gasteiger partial charge in [0.05, 0.1) is 4.88 Å². The molecule has 7 heteroatoms. The first kappa shape index (κ1) is 18.9. The number of aryl methyl sites for hydroxylation is 1. The molecule has 0 atom stereocenters. The maximum atomic E-state index is 14.1. The third-order valence-electron chi connectivity index (χ3n) is 5.04. The summed E-state index contributed by atoms with van der Waals surface area (Å²) in [6, 6.07) is 11.7. The van der Waals surface area contributed by atoms with Gasteiger partial charge in [0.25, 0.3) is 11.8 Å². The molecule has 1 saturated heterocycles. The standard InChI is InChI=1S/C21H18ClFN2O2S/c1-13-18-16(23)3-2-4-17(18)28-19(13)21(27)25-11-9-24(10-12-25)20(26)14-5-7-15(22)8-6-14/h2-8H,9-12H2,1H3. The maximum absolute atomic E-state index is 14.1. The SMILES string of the molecule is Cc1c(C(=O)N2CCN(C(=O)c3ccc(Cl)cc3)CC2)sc2cccc(F)c12. The molecule has 4 nitrogen and oxygen atoms in total. The van der Waals surface area contributed by atoms with Crippen LogP contribution in [0.5, 0.6) is 0 Å². The van der Waals surface area contributed by atoms with Crippen LogP contribution in [0.2, 0.25) is 5.02 Å². The lowest BCUT2D eigenvalue weighted by atomic mass is 10.1. The number of amides is 2. The van der Waals surface area contributed by atoms with Crippen LogP contribution in [0.25, 0.3) is 10.1 Å². The van der Waals surface area contributed by atoms with Crippen LogP contribution in [0.3, 0.4) is 0 Å². The number of piperazine rings is 1. The molecule has 0 N–H and O–H groups in total. The van der Waals surface area contributed by atoms with Crippen LogP contribution in [0.1, 0.15) is 25.6 Å². The van der Waals surface area contributed by atoms with Crippen LogP contribution in [-0.4, -0.2) is 47.8 Å². The van der Waals surface area contributed by atoms with Gasteiger partial charge in [-0.1, -0.05) is 17.7 Å². The molecule has 28 heavy (non-hydrogen) atoms. The Morgan fingerprint density at radius 3 is 2.18 bits per heavy atom. The number of carbonyl (C=O) groups is 2. The van der Waals surface area contributed by atoms with Gasteiger partial charge < -0.3 is 9.80 Å². The first-order valence-corrected chi connectivity index (χ1v) is 10.2. The quantitative estimate of drug-likeness (QED) is 0.612. The zero-order valence-corrected chi connectivity index (χ0v) is 16.8. The summed E-state index contributed by atoms with van der Waals surface area (Å²) in [5.74, 6) is -0.468. The second-order valence-electron chi connectivity index (χ2n) is 6.76. The van der Waals surface area contributed by atoms with E-state index < -0.39 is 0 Å². The summed E-state index contributed by atoms with van der Waals surface area (Å²) < 4.78 is 14.9. The second kappa shape index (κ2) is 7.53. The zero-order valence-electron chi connectivity index (χ0n) is 15.2. The van der Waals surface area contributed by atoms with Crippen LogP contribution in [-0.2, 0) is 0 Å². The molecule has 2 amide bonds. The summed E-state index contributed by atoms with van der Waals surface area (Å²) in [4.78, 5) is 29.6. The minimum atomic E-state index is -0.302. The smallest absolute Gasteiger partial charge is 0.264 e. The summed E-state index contributed by atoms with van der Waals surface area (Å²) in [6.45, 7) is 3.62. The van der Waals surface area contributed by atoms with Crippen LogP contribution in [0.4, 0.5) is 4.39 Å². The van der Waals surface area contributed by atoms with E-state index in [9.17, 15) is 14.0 Å². The van der Waals surface area contributed by atoms with Gasteiger partial charge in [-0.05, 0) is 48.9 Å². The molecule has 0 bridgehead atoms. The van der Waals surface area contributed by atoms with Crippen molar-refractivity contribution in [1.29, 1.82) is 0 Å². The Morgan fingerprint density at radius 1 is 0.964 bits per heavy atom. The van der Waals surface area contributed by atoms with E-state index in [4.69, 9.17) is 11.6 Å². The molecule has 3 aromatic rings. The average Bonchev–Trinajstić information content (AvgIpc) is 3.05. The Hall–Kier alpha value is -2.44. The van der Waals surface area contributed by atoms with Gasteiger partial charge in [-0.15, -0.1) is 11.3 Å². The first-order valence-electron chi connectivity index (χ1n) is 8.97. The molecule has 2 heterocycles. The highest BCUT2D eigenvalue weighted by molar-refractivity contribution is 7.21. The highest BCUT2D eigenvalue weighted by Crippen LogP contribution is 2.33. The molecule has 0 radical (unpaired) electrons. The Morgan fingerprint density at radius 2 is 1.57 bits per heavy atom. The number of rotatable bonds is 2. The molecule has 0 aliphatic carbocycles. The van der Waals surface area contributed by atoms with Crippen LogP contribution in [0, 0.1) is 12.7 Å². The summed E-state index contributed by atoms with van der Waals surface area (Å²) in [5, 5.41) is 1.11. The van der Waals surface area contributed by atoms with E-state index in [0.717, 1.165) is 4.70 Å².